The minimum Gasteiger partial charge on any atom is -0.370 e. The van der Waals surface area contributed by atoms with Crippen LogP contribution in [-0.2, 0) is 17.6 Å². The number of hydrogen-bond donors (Lipinski definition) is 3. The highest BCUT2D eigenvalue weighted by Gasteiger charge is 2.04. The lowest BCUT2D eigenvalue weighted by atomic mass is 10.0. The number of aromatic amines is 1. The third-order valence-electron chi connectivity index (χ3n) is 2.91. The number of fused-ring (bicyclic) bond motifs is 1. The Labute approximate surface area is 100.0 Å². The number of nitrogens with one attached hydrogen (secondary N) is 1. The van der Waals surface area contributed by atoms with Crippen LogP contribution in [0.15, 0.2) is 24.4 Å². The second-order valence-electron chi connectivity index (χ2n) is 4.20. The van der Waals surface area contributed by atoms with Crippen LogP contribution in [0.4, 0.5) is 0 Å². The number of aryl methyl sites for hydroxylation is 1. The lowest BCUT2D eigenvalue weighted by Crippen LogP contribution is -2.11. The zero-order chi connectivity index (χ0) is 12.3. The topological polar surface area (TPSA) is 84.9 Å². The predicted octanol–water partition coefficient (Wildman–Crippen LogP) is 1.09. The second-order valence-corrected chi connectivity index (χ2v) is 4.20. The van der Waals surface area contributed by atoms with Gasteiger partial charge in [-0.05, 0) is 42.6 Å². The van der Waals surface area contributed by atoms with E-state index in [9.17, 15) is 4.79 Å². The summed E-state index contributed by atoms with van der Waals surface area (Å²) >= 11 is 0. The van der Waals surface area contributed by atoms with Gasteiger partial charge in [-0.2, -0.15) is 0 Å². The molecule has 2 rings (SSSR count). The van der Waals surface area contributed by atoms with Crippen LogP contribution in [0, 0.1) is 0 Å². The average Bonchev–Trinajstić information content (AvgIpc) is 2.70. The largest absolute Gasteiger partial charge is 0.370 e. The monoisotopic (exact) mass is 231 g/mol. The van der Waals surface area contributed by atoms with Crippen LogP contribution in [0.25, 0.3) is 10.9 Å². The van der Waals surface area contributed by atoms with Gasteiger partial charge in [0.2, 0.25) is 5.91 Å². The zero-order valence-corrected chi connectivity index (χ0v) is 9.70. The number of rotatable bonds is 5. The molecule has 1 heterocycles. The van der Waals surface area contributed by atoms with Crippen LogP contribution in [0.1, 0.15) is 17.5 Å². The maximum atomic E-state index is 10.8. The fourth-order valence-electron chi connectivity index (χ4n) is 2.01. The standard InChI is InChI=1S/C13H17N3O/c14-6-5-10-8-16-12-3-1-9(7-11(10)12)2-4-13(15)17/h1,3,7-8,16H,2,4-6,14H2,(H2,15,17). The third-order valence-corrected chi connectivity index (χ3v) is 2.91. The first-order valence-corrected chi connectivity index (χ1v) is 5.78. The van der Waals surface area contributed by atoms with Crippen LogP contribution in [0.2, 0.25) is 0 Å². The lowest BCUT2D eigenvalue weighted by Gasteiger charge is -2.01. The smallest absolute Gasteiger partial charge is 0.217 e. The molecule has 0 spiro atoms. The van der Waals surface area contributed by atoms with E-state index in [1.807, 2.05) is 18.3 Å². The number of nitrogens with two attached hydrogens (primary N) is 2. The fourth-order valence-corrected chi connectivity index (χ4v) is 2.01. The molecule has 0 radical (unpaired) electrons. The van der Waals surface area contributed by atoms with Crippen molar-refractivity contribution in [2.24, 2.45) is 11.5 Å². The number of benzene rings is 1. The molecule has 1 amide bonds. The maximum Gasteiger partial charge on any atom is 0.217 e. The molecule has 0 saturated heterocycles. The van der Waals surface area contributed by atoms with Gasteiger partial charge in [-0.25, -0.2) is 0 Å². The molecule has 5 N–H and O–H groups in total. The molecule has 1 aromatic heterocycles. The quantitative estimate of drug-likeness (QED) is 0.719. The molecular formula is C13H17N3O. The van der Waals surface area contributed by atoms with E-state index in [1.165, 1.54) is 10.9 Å². The highest BCUT2D eigenvalue weighted by molar-refractivity contribution is 5.84. The molecule has 0 unspecified atom stereocenters. The van der Waals surface area contributed by atoms with Gasteiger partial charge in [0.15, 0.2) is 0 Å². The molecule has 0 aliphatic rings. The average molecular weight is 231 g/mol. The molecule has 90 valence electrons. The Kier molecular flexibility index (Phi) is 3.44. The first-order valence-electron chi connectivity index (χ1n) is 5.78. The van der Waals surface area contributed by atoms with Crippen molar-refractivity contribution < 1.29 is 4.79 Å². The van der Waals surface area contributed by atoms with Crippen molar-refractivity contribution in [3.63, 3.8) is 0 Å². The summed E-state index contributed by atoms with van der Waals surface area (Å²) in [7, 11) is 0. The predicted molar refractivity (Wildman–Crippen MR) is 68.6 cm³/mol. The summed E-state index contributed by atoms with van der Waals surface area (Å²) in [6.07, 6.45) is 3.94. The van der Waals surface area contributed by atoms with E-state index < -0.39 is 0 Å². The van der Waals surface area contributed by atoms with Gasteiger partial charge in [0.1, 0.15) is 0 Å². The Morgan fingerprint density at radius 2 is 2.12 bits per heavy atom. The number of carbonyl (C=O) groups excluding carboxylic acids is 1. The Morgan fingerprint density at radius 1 is 1.29 bits per heavy atom. The molecule has 0 aliphatic carbocycles. The van der Waals surface area contributed by atoms with E-state index in [0.29, 0.717) is 19.4 Å². The number of aromatic nitrogens is 1. The molecule has 0 bridgehead atoms. The summed E-state index contributed by atoms with van der Waals surface area (Å²) in [4.78, 5) is 14.0. The molecule has 0 saturated carbocycles. The highest BCUT2D eigenvalue weighted by atomic mass is 16.1. The summed E-state index contributed by atoms with van der Waals surface area (Å²) in [6, 6.07) is 6.17. The minimum atomic E-state index is -0.263. The van der Waals surface area contributed by atoms with Gasteiger partial charge >= 0.3 is 0 Å². The molecule has 2 aromatic rings. The van der Waals surface area contributed by atoms with Gasteiger partial charge < -0.3 is 16.5 Å². The Morgan fingerprint density at radius 3 is 2.82 bits per heavy atom. The first-order chi connectivity index (χ1) is 8.20. The molecule has 17 heavy (non-hydrogen) atoms. The number of H-pyrrole nitrogens is 1. The molecule has 0 atom stereocenters. The van der Waals surface area contributed by atoms with Crippen molar-refractivity contribution in [2.45, 2.75) is 19.3 Å². The number of carbonyl (C=O) groups is 1. The van der Waals surface area contributed by atoms with Gasteiger partial charge in [-0.15, -0.1) is 0 Å². The van der Waals surface area contributed by atoms with Gasteiger partial charge in [0.25, 0.3) is 0 Å². The molecule has 1 aromatic carbocycles. The second kappa shape index (κ2) is 5.01. The number of hydrogen-bond acceptors (Lipinski definition) is 2. The van der Waals surface area contributed by atoms with E-state index in [4.69, 9.17) is 11.5 Å². The third kappa shape index (κ3) is 2.65. The van der Waals surface area contributed by atoms with Crippen molar-refractivity contribution in [2.75, 3.05) is 6.54 Å². The van der Waals surface area contributed by atoms with Crippen molar-refractivity contribution in [1.29, 1.82) is 0 Å². The van der Waals surface area contributed by atoms with Crippen molar-refractivity contribution in [3.05, 3.63) is 35.5 Å². The maximum absolute atomic E-state index is 10.8. The normalized spacial score (nSPS) is 10.9. The van der Waals surface area contributed by atoms with Gasteiger partial charge in [-0.3, -0.25) is 4.79 Å². The molecule has 4 nitrogen and oxygen atoms in total. The minimum absolute atomic E-state index is 0.263. The van der Waals surface area contributed by atoms with Gasteiger partial charge in [0, 0.05) is 23.5 Å². The van der Waals surface area contributed by atoms with Crippen molar-refractivity contribution in [1.82, 2.24) is 4.98 Å². The van der Waals surface area contributed by atoms with Gasteiger partial charge in [-0.1, -0.05) is 6.07 Å². The lowest BCUT2D eigenvalue weighted by molar-refractivity contribution is -0.117. The zero-order valence-electron chi connectivity index (χ0n) is 9.70. The van der Waals surface area contributed by atoms with E-state index in [1.54, 1.807) is 0 Å². The summed E-state index contributed by atoms with van der Waals surface area (Å²) in [5.41, 5.74) is 14.2. The SMILES string of the molecule is NCCc1c[nH]c2ccc(CCC(N)=O)cc12. The molecular weight excluding hydrogens is 214 g/mol. The summed E-state index contributed by atoms with van der Waals surface area (Å²) in [5, 5.41) is 1.19. The van der Waals surface area contributed by atoms with Gasteiger partial charge in [0.05, 0.1) is 0 Å². The summed E-state index contributed by atoms with van der Waals surface area (Å²) in [5.74, 6) is -0.263. The molecule has 0 fully saturated rings. The number of primary amides is 1. The highest BCUT2D eigenvalue weighted by Crippen LogP contribution is 2.20. The fraction of sp³-hybridized carbons (Fsp3) is 0.308. The summed E-state index contributed by atoms with van der Waals surface area (Å²) < 4.78 is 0. The molecule has 4 heteroatoms. The first kappa shape index (κ1) is 11.7. The van der Waals surface area contributed by atoms with E-state index >= 15 is 0 Å². The Balaban J connectivity index is 2.27. The van der Waals surface area contributed by atoms with Crippen LogP contribution in [0.5, 0.6) is 0 Å². The van der Waals surface area contributed by atoms with E-state index in [2.05, 4.69) is 11.1 Å². The van der Waals surface area contributed by atoms with Crippen molar-refractivity contribution >= 4 is 16.8 Å². The van der Waals surface area contributed by atoms with Crippen LogP contribution >= 0.6 is 0 Å². The molecule has 0 aliphatic heterocycles. The van der Waals surface area contributed by atoms with Crippen LogP contribution < -0.4 is 11.5 Å². The van der Waals surface area contributed by atoms with Crippen LogP contribution in [0.3, 0.4) is 0 Å². The van der Waals surface area contributed by atoms with E-state index in [-0.39, 0.29) is 5.91 Å². The van der Waals surface area contributed by atoms with E-state index in [0.717, 1.165) is 17.5 Å². The summed E-state index contributed by atoms with van der Waals surface area (Å²) in [6.45, 7) is 0.637. The Hall–Kier alpha value is -1.81. The number of amides is 1. The van der Waals surface area contributed by atoms with Crippen molar-refractivity contribution in [3.8, 4) is 0 Å². The Bertz CT molecular complexity index is 530. The van der Waals surface area contributed by atoms with Crippen LogP contribution in [-0.4, -0.2) is 17.4 Å².